The number of benzene rings is 3. The van der Waals surface area contributed by atoms with Crippen molar-refractivity contribution in [1.29, 1.82) is 0 Å². The molecule has 6 rings (SSSR count). The number of amides is 4. The molecule has 3 saturated heterocycles. The zero-order valence-corrected chi connectivity index (χ0v) is 32.6. The summed E-state index contributed by atoms with van der Waals surface area (Å²) < 4.78 is 5.07. The Hall–Kier alpha value is -4.64. The van der Waals surface area contributed by atoms with E-state index in [9.17, 15) is 24.0 Å². The number of methoxy groups -OCH3 is 1. The van der Waals surface area contributed by atoms with Crippen molar-refractivity contribution in [2.24, 2.45) is 11.8 Å². The van der Waals surface area contributed by atoms with Gasteiger partial charge in [-0.2, -0.15) is 0 Å². The molecule has 0 bridgehead atoms. The summed E-state index contributed by atoms with van der Waals surface area (Å²) in [5.74, 6) is -1.56. The van der Waals surface area contributed by atoms with Crippen LogP contribution in [0.15, 0.2) is 91.0 Å². The molecule has 0 aromatic heterocycles. The number of thioether (sulfide) groups is 1. The number of piperidine rings is 1. The van der Waals surface area contributed by atoms with Crippen LogP contribution in [0, 0.1) is 11.8 Å². The summed E-state index contributed by atoms with van der Waals surface area (Å²) in [5, 5.41) is 6.13. The predicted molar refractivity (Wildman–Crippen MR) is 215 cm³/mol. The molecule has 3 fully saturated rings. The number of nitrogens with one attached hydrogen (secondary N) is 2. The van der Waals surface area contributed by atoms with Crippen LogP contribution in [0.5, 0.6) is 0 Å². The van der Waals surface area contributed by atoms with Crippen LogP contribution >= 0.6 is 11.8 Å². The van der Waals surface area contributed by atoms with Gasteiger partial charge >= 0.3 is 5.97 Å². The summed E-state index contributed by atoms with van der Waals surface area (Å²) >= 11 is 1.65. The fourth-order valence-electron chi connectivity index (χ4n) is 8.20. The maximum Gasteiger partial charge on any atom is 0.328 e. The molecule has 4 amide bonds. The molecule has 0 aliphatic carbocycles. The average molecular weight is 767 g/mol. The molecule has 0 radical (unpaired) electrons. The molecule has 3 aromatic carbocycles. The maximum absolute atomic E-state index is 14.3. The fraction of sp³-hybridized carbons (Fsp3) is 0.477. The van der Waals surface area contributed by atoms with Crippen LogP contribution in [0.2, 0.25) is 0 Å². The molecule has 11 heteroatoms. The third-order valence-electron chi connectivity index (χ3n) is 11.2. The third kappa shape index (κ3) is 10.6. The third-order valence-corrected chi connectivity index (χ3v) is 12.5. The van der Waals surface area contributed by atoms with Crippen molar-refractivity contribution < 1.29 is 28.7 Å². The van der Waals surface area contributed by atoms with Gasteiger partial charge in [-0.25, -0.2) is 4.79 Å². The Morgan fingerprint density at radius 1 is 0.691 bits per heavy atom. The van der Waals surface area contributed by atoms with Crippen molar-refractivity contribution in [1.82, 2.24) is 15.5 Å². The van der Waals surface area contributed by atoms with Gasteiger partial charge in [-0.15, -0.1) is 11.8 Å². The van der Waals surface area contributed by atoms with Crippen LogP contribution in [0.3, 0.4) is 0 Å². The number of fused-ring (bicyclic) bond motifs is 1. The van der Waals surface area contributed by atoms with E-state index in [1.54, 1.807) is 21.6 Å². The predicted octanol–water partition coefficient (Wildman–Crippen LogP) is 6.08. The number of hydrogen-bond donors (Lipinski definition) is 2. The molecule has 3 aliphatic heterocycles. The first-order valence-corrected chi connectivity index (χ1v) is 20.9. The van der Waals surface area contributed by atoms with Crippen LogP contribution in [0.1, 0.15) is 75.3 Å². The SMILES string of the molecule is COC(=O)[C@@H]1CCC[C@@H]2SCC[C@H](NC(=O)[C@H](CC[C@H](Cc3ccccc3)C(=O)N[C@H]3CCCCCN(c4ccccc4)C3=O)Cc3ccccc3)C(=O)N21. The summed E-state index contributed by atoms with van der Waals surface area (Å²) in [4.78, 5) is 72.9. The molecule has 0 spiro atoms. The Morgan fingerprint density at radius 3 is 1.84 bits per heavy atom. The molecule has 292 valence electrons. The van der Waals surface area contributed by atoms with Gasteiger partial charge in [0.05, 0.1) is 12.5 Å². The lowest BCUT2D eigenvalue weighted by molar-refractivity contribution is -0.156. The van der Waals surface area contributed by atoms with Crippen LogP contribution in [-0.2, 0) is 41.6 Å². The minimum Gasteiger partial charge on any atom is -0.467 e. The second kappa shape index (κ2) is 19.8. The Morgan fingerprint density at radius 2 is 1.25 bits per heavy atom. The van der Waals surface area contributed by atoms with Gasteiger partial charge in [-0.1, -0.05) is 91.7 Å². The van der Waals surface area contributed by atoms with Gasteiger partial charge in [-0.05, 0) is 93.2 Å². The van der Waals surface area contributed by atoms with Gasteiger partial charge in [0.2, 0.25) is 23.6 Å². The quantitative estimate of drug-likeness (QED) is 0.202. The molecular formula is C44H54N4O6S. The van der Waals surface area contributed by atoms with Crippen molar-refractivity contribution >= 4 is 47.0 Å². The smallest absolute Gasteiger partial charge is 0.328 e. The zero-order chi connectivity index (χ0) is 38.6. The first kappa shape index (κ1) is 40.0. The van der Waals surface area contributed by atoms with E-state index in [0.29, 0.717) is 57.2 Å². The highest BCUT2D eigenvalue weighted by atomic mass is 32.2. The van der Waals surface area contributed by atoms with Gasteiger partial charge in [0.25, 0.3) is 0 Å². The Balaban J connectivity index is 1.20. The Bertz CT molecular complexity index is 1740. The molecule has 6 atom stereocenters. The van der Waals surface area contributed by atoms with E-state index in [-0.39, 0.29) is 29.0 Å². The number of ether oxygens (including phenoxy) is 1. The summed E-state index contributed by atoms with van der Waals surface area (Å²) in [5.41, 5.74) is 2.81. The number of anilines is 1. The van der Waals surface area contributed by atoms with Gasteiger partial charge in [-0.3, -0.25) is 19.2 Å². The molecule has 55 heavy (non-hydrogen) atoms. The highest BCUT2D eigenvalue weighted by Gasteiger charge is 2.44. The van der Waals surface area contributed by atoms with Crippen LogP contribution < -0.4 is 15.5 Å². The van der Waals surface area contributed by atoms with E-state index < -0.39 is 35.9 Å². The second-order valence-corrected chi connectivity index (χ2v) is 16.3. The van der Waals surface area contributed by atoms with Crippen LogP contribution in [0.25, 0.3) is 0 Å². The second-order valence-electron chi connectivity index (χ2n) is 15.0. The lowest BCUT2D eigenvalue weighted by atomic mass is 9.86. The van der Waals surface area contributed by atoms with Crippen LogP contribution in [-0.4, -0.2) is 77.4 Å². The molecule has 3 aromatic rings. The van der Waals surface area contributed by atoms with Crippen molar-refractivity contribution in [3.8, 4) is 0 Å². The monoisotopic (exact) mass is 766 g/mol. The summed E-state index contributed by atoms with van der Waals surface area (Å²) in [7, 11) is 1.34. The molecule has 10 nitrogen and oxygen atoms in total. The topological polar surface area (TPSA) is 125 Å². The summed E-state index contributed by atoms with van der Waals surface area (Å²) in [6.07, 6.45) is 7.59. The first-order chi connectivity index (χ1) is 26.8. The number of rotatable bonds is 13. The normalized spacial score (nSPS) is 22.9. The minimum atomic E-state index is -0.769. The lowest BCUT2D eigenvalue weighted by Crippen LogP contribution is -2.57. The Kier molecular flexibility index (Phi) is 14.4. The van der Waals surface area contributed by atoms with Crippen molar-refractivity contribution in [2.45, 2.75) is 101 Å². The highest BCUT2D eigenvalue weighted by molar-refractivity contribution is 7.99. The van der Waals surface area contributed by atoms with Gasteiger partial charge in [0.1, 0.15) is 18.1 Å². The van der Waals surface area contributed by atoms with E-state index in [0.717, 1.165) is 48.9 Å². The maximum atomic E-state index is 14.3. The van der Waals surface area contributed by atoms with Crippen molar-refractivity contribution in [3.63, 3.8) is 0 Å². The lowest BCUT2D eigenvalue weighted by Gasteiger charge is -2.40. The van der Waals surface area contributed by atoms with Gasteiger partial charge in [0, 0.05) is 24.1 Å². The van der Waals surface area contributed by atoms with E-state index in [4.69, 9.17) is 4.74 Å². The van der Waals surface area contributed by atoms with Crippen molar-refractivity contribution in [2.75, 3.05) is 24.3 Å². The number of carbonyl (C=O) groups is 5. The van der Waals surface area contributed by atoms with Crippen LogP contribution in [0.4, 0.5) is 5.69 Å². The highest BCUT2D eigenvalue weighted by Crippen LogP contribution is 2.35. The molecule has 2 N–H and O–H groups in total. The zero-order valence-electron chi connectivity index (χ0n) is 31.8. The molecule has 0 saturated carbocycles. The molecule has 3 heterocycles. The number of carbonyl (C=O) groups excluding carboxylic acids is 5. The first-order valence-electron chi connectivity index (χ1n) is 19.9. The summed E-state index contributed by atoms with van der Waals surface area (Å²) in [6.45, 7) is 0.600. The average Bonchev–Trinajstić information content (AvgIpc) is 3.37. The molecule has 0 unspecified atom stereocenters. The largest absolute Gasteiger partial charge is 0.467 e. The number of esters is 1. The minimum absolute atomic E-state index is 0.101. The van der Waals surface area contributed by atoms with E-state index in [1.165, 1.54) is 7.11 Å². The van der Waals surface area contributed by atoms with E-state index in [2.05, 4.69) is 10.6 Å². The van der Waals surface area contributed by atoms with E-state index >= 15 is 0 Å². The molecule has 3 aliphatic rings. The number of para-hydroxylation sites is 1. The van der Waals surface area contributed by atoms with Gasteiger partial charge in [0.15, 0.2) is 0 Å². The fourth-order valence-corrected chi connectivity index (χ4v) is 9.58. The number of nitrogens with zero attached hydrogens (tertiary/aromatic N) is 2. The number of hydrogen-bond acceptors (Lipinski definition) is 7. The van der Waals surface area contributed by atoms with Gasteiger partial charge < -0.3 is 25.2 Å². The standard InChI is InChI=1S/C44H54N4O6S/c1-54-44(53)38-22-14-23-39-48(38)43(52)37(26-28-55-39)46-41(50)34(30-32-17-8-3-9-18-32)25-24-33(29-31-15-6-2-7-16-31)40(49)45-36-21-12-5-13-27-47(42(36)51)35-19-10-4-11-20-35/h2-4,6-11,15-20,33-34,36-39H,5,12-14,21-30H2,1H3,(H,45,49)(H,46,50)/t33-,34-,36+,37+,38+,39+/m1/s1. The Labute approximate surface area is 329 Å². The van der Waals surface area contributed by atoms with Crippen molar-refractivity contribution in [3.05, 3.63) is 102 Å². The summed E-state index contributed by atoms with van der Waals surface area (Å²) in [6, 6.07) is 27.2. The van der Waals surface area contributed by atoms with E-state index in [1.807, 2.05) is 91.0 Å². The molecular weight excluding hydrogens is 713 g/mol.